The van der Waals surface area contributed by atoms with Crippen molar-refractivity contribution in [2.45, 2.75) is 0 Å². The first kappa shape index (κ1) is 10.2. The van der Waals surface area contributed by atoms with E-state index in [2.05, 4.69) is 40.4 Å². The van der Waals surface area contributed by atoms with E-state index in [0.29, 0.717) is 0 Å². The molecule has 0 aliphatic carbocycles. The van der Waals surface area contributed by atoms with E-state index in [-0.39, 0.29) is 0 Å². The number of fused-ring (bicyclic) bond motifs is 3. The van der Waals surface area contributed by atoms with Gasteiger partial charge in [0.1, 0.15) is 0 Å². The molecule has 0 nitrogen and oxygen atoms in total. The summed E-state index contributed by atoms with van der Waals surface area (Å²) < 4.78 is 2.94. The Balaban J connectivity index is 2.22. The van der Waals surface area contributed by atoms with Crippen molar-refractivity contribution in [2.24, 2.45) is 0 Å². The molecule has 0 N–H and O–H groups in total. The van der Waals surface area contributed by atoms with E-state index >= 15 is 0 Å². The van der Waals surface area contributed by atoms with Crippen LogP contribution in [0.3, 0.4) is 0 Å². The fourth-order valence-electron chi connectivity index (χ4n) is 2.03. The molecule has 0 unspecified atom stereocenters. The lowest BCUT2D eigenvalue weighted by molar-refractivity contribution is 2.00. The van der Waals surface area contributed by atoms with Gasteiger partial charge >= 0.3 is 0 Å². The fraction of sp³-hybridized carbons (Fsp3) is 0. The topological polar surface area (TPSA) is 0 Å². The maximum absolute atomic E-state index is 2.26. The minimum atomic E-state index is 1.37. The van der Waals surface area contributed by atoms with Gasteiger partial charge in [0.05, 0.1) is 4.43 Å². The second-order valence-electron chi connectivity index (χ2n) is 3.74. The molecule has 4 heteroatoms. The molecule has 0 aromatic carbocycles. The molecule has 0 fully saturated rings. The Hall–Kier alpha value is -0.730. The van der Waals surface area contributed by atoms with E-state index in [1.54, 1.807) is 0 Å². The van der Waals surface area contributed by atoms with Crippen LogP contribution >= 0.6 is 42.2 Å². The van der Waals surface area contributed by atoms with Crippen LogP contribution in [0.15, 0.2) is 40.4 Å². The molecule has 0 aliphatic rings. The molecular formula is C13H7PS3. The van der Waals surface area contributed by atoms with Gasteiger partial charge in [-0.05, 0) is 42.5 Å². The average molecular weight is 290 g/mol. The second kappa shape index (κ2) is 3.89. The standard InChI is InChI=1S/C13H7PS3/c1-2-10(15-5-1)11-12-8(3-6-16-12)9-4-7-17-13(9)14-11/h1-7H. The van der Waals surface area contributed by atoms with Crippen molar-refractivity contribution >= 4 is 62.1 Å². The van der Waals surface area contributed by atoms with Gasteiger partial charge in [0.15, 0.2) is 0 Å². The molecule has 0 amide bonds. The van der Waals surface area contributed by atoms with Crippen LogP contribution in [0.1, 0.15) is 0 Å². The number of thiophene rings is 3. The van der Waals surface area contributed by atoms with Crippen molar-refractivity contribution < 1.29 is 0 Å². The SMILES string of the molecule is c1csc(-c2pc3sccc3c3ccsc23)c1. The van der Waals surface area contributed by atoms with Crippen molar-refractivity contribution in [3.63, 3.8) is 0 Å². The molecule has 4 aromatic heterocycles. The zero-order valence-corrected chi connectivity index (χ0v) is 12.1. The van der Waals surface area contributed by atoms with Crippen molar-refractivity contribution in [3.8, 4) is 10.2 Å². The number of hydrogen-bond acceptors (Lipinski definition) is 3. The van der Waals surface area contributed by atoms with Crippen molar-refractivity contribution in [1.82, 2.24) is 0 Å². The predicted molar refractivity (Wildman–Crippen MR) is 83.0 cm³/mol. The van der Waals surface area contributed by atoms with Crippen LogP contribution < -0.4 is 0 Å². The Morgan fingerprint density at radius 1 is 0.824 bits per heavy atom. The van der Waals surface area contributed by atoms with Crippen molar-refractivity contribution in [3.05, 3.63) is 40.4 Å². The van der Waals surface area contributed by atoms with Crippen LogP contribution in [-0.4, -0.2) is 0 Å². The first-order chi connectivity index (χ1) is 8.43. The van der Waals surface area contributed by atoms with E-state index in [4.69, 9.17) is 0 Å². The van der Waals surface area contributed by atoms with E-state index < -0.39 is 0 Å². The normalized spacial score (nSPS) is 12.0. The van der Waals surface area contributed by atoms with E-state index in [1.807, 2.05) is 34.0 Å². The highest BCUT2D eigenvalue weighted by molar-refractivity contribution is 7.52. The van der Waals surface area contributed by atoms with Crippen LogP contribution in [0.5, 0.6) is 0 Å². The molecule has 82 valence electrons. The second-order valence-corrected chi connectivity index (χ2v) is 7.94. The first-order valence-corrected chi connectivity index (χ1v) is 8.75. The van der Waals surface area contributed by atoms with Gasteiger partial charge in [-0.1, -0.05) is 6.07 Å². The molecular weight excluding hydrogens is 283 g/mol. The third kappa shape index (κ3) is 1.50. The van der Waals surface area contributed by atoms with Gasteiger partial charge in [0.25, 0.3) is 0 Å². The molecule has 0 saturated carbocycles. The summed E-state index contributed by atoms with van der Waals surface area (Å²) >= 11 is 5.58. The van der Waals surface area contributed by atoms with Gasteiger partial charge in [0.2, 0.25) is 0 Å². The van der Waals surface area contributed by atoms with Crippen LogP contribution in [0.25, 0.3) is 30.1 Å². The maximum Gasteiger partial charge on any atom is 0.0626 e. The van der Waals surface area contributed by atoms with Gasteiger partial charge < -0.3 is 0 Å². The Bertz CT molecular complexity index is 793. The average Bonchev–Trinajstić information content (AvgIpc) is 3.09. The highest BCUT2D eigenvalue weighted by Gasteiger charge is 2.11. The highest BCUT2D eigenvalue weighted by atomic mass is 32.1. The van der Waals surface area contributed by atoms with Crippen LogP contribution in [0.2, 0.25) is 0 Å². The lowest BCUT2D eigenvalue weighted by Gasteiger charge is -2.01. The third-order valence-electron chi connectivity index (χ3n) is 2.78. The first-order valence-electron chi connectivity index (χ1n) is 5.22. The predicted octanol–water partition coefficient (Wildman–Crippen LogP) is 6.42. The number of hydrogen-bond donors (Lipinski definition) is 0. The van der Waals surface area contributed by atoms with Crippen LogP contribution in [0, 0.1) is 0 Å². The quantitative estimate of drug-likeness (QED) is 0.379. The lowest BCUT2D eigenvalue weighted by atomic mass is 10.2. The lowest BCUT2D eigenvalue weighted by Crippen LogP contribution is -1.68. The number of rotatable bonds is 1. The van der Waals surface area contributed by atoms with E-state index in [9.17, 15) is 0 Å². The summed E-state index contributed by atoms with van der Waals surface area (Å²) in [4.78, 5) is 1.41. The Morgan fingerprint density at radius 2 is 1.71 bits per heavy atom. The summed E-state index contributed by atoms with van der Waals surface area (Å²) in [6.45, 7) is 0. The van der Waals surface area contributed by atoms with Crippen molar-refractivity contribution in [2.75, 3.05) is 0 Å². The monoisotopic (exact) mass is 290 g/mol. The molecule has 0 radical (unpaired) electrons. The minimum absolute atomic E-state index is 1.37. The molecule has 0 bridgehead atoms. The minimum Gasteiger partial charge on any atom is -0.143 e. The molecule has 17 heavy (non-hydrogen) atoms. The Kier molecular flexibility index (Phi) is 2.34. The van der Waals surface area contributed by atoms with Gasteiger partial charge in [-0.15, -0.1) is 34.0 Å². The van der Waals surface area contributed by atoms with Crippen molar-refractivity contribution in [1.29, 1.82) is 0 Å². The fourth-order valence-corrected chi connectivity index (χ4v) is 6.46. The van der Waals surface area contributed by atoms with Gasteiger partial charge in [0, 0.05) is 25.6 Å². The molecule has 4 aromatic rings. The molecule has 0 saturated heterocycles. The summed E-state index contributed by atoms with van der Waals surface area (Å²) in [5, 5.41) is 10.9. The molecule has 0 spiro atoms. The summed E-state index contributed by atoms with van der Waals surface area (Å²) in [6.07, 6.45) is 0. The molecule has 0 aliphatic heterocycles. The van der Waals surface area contributed by atoms with Crippen LogP contribution in [-0.2, 0) is 0 Å². The maximum atomic E-state index is 2.26. The Labute approximate surface area is 112 Å². The summed E-state index contributed by atoms with van der Waals surface area (Å²) in [5.41, 5.74) is 0. The zero-order valence-electron chi connectivity index (χ0n) is 8.71. The summed E-state index contributed by atoms with van der Waals surface area (Å²) in [5.74, 6) is 0. The smallest absolute Gasteiger partial charge is 0.0626 e. The molecule has 0 atom stereocenters. The van der Waals surface area contributed by atoms with Gasteiger partial charge in [-0.25, -0.2) is 0 Å². The van der Waals surface area contributed by atoms with Crippen LogP contribution in [0.4, 0.5) is 0 Å². The molecule has 4 rings (SSSR count). The van der Waals surface area contributed by atoms with Gasteiger partial charge in [-0.3, -0.25) is 0 Å². The summed E-state index contributed by atoms with van der Waals surface area (Å²) in [6, 6.07) is 8.88. The third-order valence-corrected chi connectivity index (χ3v) is 7.34. The Morgan fingerprint density at radius 3 is 2.59 bits per heavy atom. The zero-order chi connectivity index (χ0) is 11.2. The molecule has 4 heterocycles. The van der Waals surface area contributed by atoms with E-state index in [0.717, 1.165) is 0 Å². The van der Waals surface area contributed by atoms with E-state index in [1.165, 1.54) is 38.3 Å². The highest BCUT2D eigenvalue weighted by Crippen LogP contribution is 2.47. The summed E-state index contributed by atoms with van der Waals surface area (Å²) in [7, 11) is 1.37. The van der Waals surface area contributed by atoms with Gasteiger partial charge in [-0.2, -0.15) is 0 Å². The largest absolute Gasteiger partial charge is 0.143 e.